The molecule has 2 aromatic heterocycles. The van der Waals surface area contributed by atoms with E-state index in [1.165, 1.54) is 12.1 Å². The van der Waals surface area contributed by atoms with Gasteiger partial charge in [-0.05, 0) is 43.2 Å². The van der Waals surface area contributed by atoms with Crippen LogP contribution in [0, 0.1) is 0 Å². The van der Waals surface area contributed by atoms with Crippen molar-refractivity contribution in [1.82, 2.24) is 19.5 Å². The minimum Gasteiger partial charge on any atom is -0.339 e. The normalized spacial score (nSPS) is 16.0. The molecule has 0 N–H and O–H groups in total. The van der Waals surface area contributed by atoms with Crippen LogP contribution in [0.5, 0.6) is 0 Å². The highest BCUT2D eigenvalue weighted by Gasteiger charge is 2.27. The minimum absolute atomic E-state index is 0.134. The van der Waals surface area contributed by atoms with Crippen molar-refractivity contribution < 1.29 is 13.2 Å². The van der Waals surface area contributed by atoms with Gasteiger partial charge in [0.25, 0.3) is 5.91 Å². The molecule has 0 saturated carbocycles. The van der Waals surface area contributed by atoms with E-state index in [1.54, 1.807) is 17.0 Å². The van der Waals surface area contributed by atoms with Crippen molar-refractivity contribution in [2.45, 2.75) is 23.7 Å². The predicted molar refractivity (Wildman–Crippen MR) is 100 cm³/mol. The Kier molecular flexibility index (Phi) is 4.43. The highest BCUT2D eigenvalue weighted by atomic mass is 32.2. The van der Waals surface area contributed by atoms with Gasteiger partial charge in [0.05, 0.1) is 4.90 Å². The number of amides is 1. The molecule has 1 fully saturated rings. The van der Waals surface area contributed by atoms with Crippen LogP contribution in [-0.2, 0) is 9.84 Å². The lowest BCUT2D eigenvalue weighted by molar-refractivity contribution is 0.0710. The molecule has 3 aromatic rings. The first-order valence-electron chi connectivity index (χ1n) is 8.82. The van der Waals surface area contributed by atoms with Crippen molar-refractivity contribution in [2.75, 3.05) is 19.3 Å². The summed E-state index contributed by atoms with van der Waals surface area (Å²) in [6.45, 7) is 1.21. The van der Waals surface area contributed by atoms with E-state index in [1.807, 2.05) is 28.8 Å². The van der Waals surface area contributed by atoms with Crippen LogP contribution in [0.4, 0.5) is 0 Å². The van der Waals surface area contributed by atoms with Gasteiger partial charge in [-0.15, -0.1) is 10.2 Å². The second-order valence-corrected chi connectivity index (χ2v) is 8.87. The molecule has 1 aromatic carbocycles. The van der Waals surface area contributed by atoms with E-state index in [9.17, 15) is 13.2 Å². The van der Waals surface area contributed by atoms with Crippen LogP contribution in [0.1, 0.15) is 34.9 Å². The lowest BCUT2D eigenvalue weighted by Crippen LogP contribution is -2.38. The molecule has 7 nitrogen and oxygen atoms in total. The zero-order chi connectivity index (χ0) is 19.0. The first kappa shape index (κ1) is 17.7. The van der Waals surface area contributed by atoms with Gasteiger partial charge in [-0.25, -0.2) is 8.42 Å². The SMILES string of the molecule is CS(=O)(=O)c1cccc(C(=O)N2CCC(c3nnc4ccccn34)CC2)c1. The fraction of sp³-hybridized carbons (Fsp3) is 0.316. The summed E-state index contributed by atoms with van der Waals surface area (Å²) in [7, 11) is -3.34. The first-order valence-corrected chi connectivity index (χ1v) is 10.7. The van der Waals surface area contributed by atoms with Crippen LogP contribution in [0.15, 0.2) is 53.6 Å². The van der Waals surface area contributed by atoms with E-state index in [0.29, 0.717) is 18.7 Å². The van der Waals surface area contributed by atoms with Gasteiger partial charge in [0.15, 0.2) is 15.5 Å². The Hall–Kier alpha value is -2.74. The Labute approximate surface area is 157 Å². The number of sulfone groups is 1. The molecule has 1 aliphatic rings. The summed E-state index contributed by atoms with van der Waals surface area (Å²) < 4.78 is 25.4. The lowest BCUT2D eigenvalue weighted by Gasteiger charge is -2.31. The molecule has 4 rings (SSSR count). The van der Waals surface area contributed by atoms with Gasteiger partial charge in [-0.3, -0.25) is 9.20 Å². The van der Waals surface area contributed by atoms with Gasteiger partial charge in [-0.2, -0.15) is 0 Å². The fourth-order valence-corrected chi connectivity index (χ4v) is 4.19. The third kappa shape index (κ3) is 3.44. The number of hydrogen-bond acceptors (Lipinski definition) is 5. The van der Waals surface area contributed by atoms with Crippen LogP contribution in [0.2, 0.25) is 0 Å². The van der Waals surface area contributed by atoms with Crippen LogP contribution in [-0.4, -0.2) is 53.2 Å². The molecule has 1 amide bonds. The summed E-state index contributed by atoms with van der Waals surface area (Å²) in [4.78, 5) is 14.7. The second kappa shape index (κ2) is 6.77. The van der Waals surface area contributed by atoms with Crippen molar-refractivity contribution in [1.29, 1.82) is 0 Å². The highest BCUT2D eigenvalue weighted by molar-refractivity contribution is 7.90. The monoisotopic (exact) mass is 384 g/mol. The number of nitrogens with zero attached hydrogens (tertiary/aromatic N) is 4. The predicted octanol–water partition coefficient (Wildman–Crippen LogP) is 2.15. The summed E-state index contributed by atoms with van der Waals surface area (Å²) in [6.07, 6.45) is 4.70. The van der Waals surface area contributed by atoms with Crippen LogP contribution < -0.4 is 0 Å². The number of benzene rings is 1. The zero-order valence-corrected chi connectivity index (χ0v) is 15.8. The fourth-order valence-electron chi connectivity index (χ4n) is 3.52. The van der Waals surface area contributed by atoms with Crippen molar-refractivity contribution in [2.24, 2.45) is 0 Å². The molecule has 3 heterocycles. The van der Waals surface area contributed by atoms with E-state index in [2.05, 4.69) is 10.2 Å². The molecule has 0 radical (unpaired) electrons. The average molecular weight is 384 g/mol. The molecular weight excluding hydrogens is 364 g/mol. The van der Waals surface area contributed by atoms with Crippen molar-refractivity contribution >= 4 is 21.4 Å². The summed E-state index contributed by atoms with van der Waals surface area (Å²) in [5.41, 5.74) is 1.23. The number of carbonyl (C=O) groups excluding carboxylic acids is 1. The molecule has 140 valence electrons. The maximum atomic E-state index is 12.8. The highest BCUT2D eigenvalue weighted by Crippen LogP contribution is 2.28. The molecule has 0 unspecified atom stereocenters. The largest absolute Gasteiger partial charge is 0.339 e. The molecule has 0 bridgehead atoms. The third-order valence-electron chi connectivity index (χ3n) is 5.00. The maximum absolute atomic E-state index is 12.8. The van der Waals surface area contributed by atoms with Gasteiger partial charge < -0.3 is 4.90 Å². The molecular formula is C19H20N4O3S. The Balaban J connectivity index is 1.49. The van der Waals surface area contributed by atoms with Gasteiger partial charge in [-0.1, -0.05) is 12.1 Å². The van der Waals surface area contributed by atoms with Crippen LogP contribution in [0.3, 0.4) is 0 Å². The summed E-state index contributed by atoms with van der Waals surface area (Å²) in [5.74, 6) is 1.04. The van der Waals surface area contributed by atoms with E-state index in [-0.39, 0.29) is 16.7 Å². The topological polar surface area (TPSA) is 84.6 Å². The molecule has 1 saturated heterocycles. The number of piperidine rings is 1. The molecule has 0 atom stereocenters. The molecule has 0 aliphatic carbocycles. The average Bonchev–Trinajstić information content (AvgIpc) is 3.11. The van der Waals surface area contributed by atoms with Crippen molar-refractivity contribution in [3.05, 3.63) is 60.0 Å². The summed E-state index contributed by atoms with van der Waals surface area (Å²) >= 11 is 0. The third-order valence-corrected chi connectivity index (χ3v) is 6.11. The van der Waals surface area contributed by atoms with E-state index in [0.717, 1.165) is 30.6 Å². The number of aromatic nitrogens is 3. The smallest absolute Gasteiger partial charge is 0.253 e. The van der Waals surface area contributed by atoms with Crippen LogP contribution in [0.25, 0.3) is 5.65 Å². The van der Waals surface area contributed by atoms with E-state index in [4.69, 9.17) is 0 Å². The molecule has 8 heteroatoms. The van der Waals surface area contributed by atoms with Crippen LogP contribution >= 0.6 is 0 Å². The Morgan fingerprint density at radius 1 is 1.07 bits per heavy atom. The Bertz CT molecular complexity index is 1100. The second-order valence-electron chi connectivity index (χ2n) is 6.85. The van der Waals surface area contributed by atoms with Gasteiger partial charge in [0.2, 0.25) is 0 Å². The van der Waals surface area contributed by atoms with Crippen molar-refractivity contribution in [3.8, 4) is 0 Å². The molecule has 1 aliphatic heterocycles. The molecule has 27 heavy (non-hydrogen) atoms. The Morgan fingerprint density at radius 3 is 2.59 bits per heavy atom. The molecule has 0 spiro atoms. The Morgan fingerprint density at radius 2 is 1.85 bits per heavy atom. The van der Waals surface area contributed by atoms with E-state index >= 15 is 0 Å². The number of likely N-dealkylation sites (tertiary alicyclic amines) is 1. The zero-order valence-electron chi connectivity index (χ0n) is 14.9. The minimum atomic E-state index is -3.34. The van der Waals surface area contributed by atoms with Gasteiger partial charge in [0, 0.05) is 37.0 Å². The van der Waals surface area contributed by atoms with Gasteiger partial charge in [0.1, 0.15) is 5.82 Å². The number of fused-ring (bicyclic) bond motifs is 1. The van der Waals surface area contributed by atoms with Crippen molar-refractivity contribution in [3.63, 3.8) is 0 Å². The number of hydrogen-bond donors (Lipinski definition) is 0. The van der Waals surface area contributed by atoms with E-state index < -0.39 is 9.84 Å². The number of rotatable bonds is 3. The first-order chi connectivity index (χ1) is 12.9. The quantitative estimate of drug-likeness (QED) is 0.691. The van der Waals surface area contributed by atoms with Gasteiger partial charge >= 0.3 is 0 Å². The lowest BCUT2D eigenvalue weighted by atomic mass is 9.95. The summed E-state index contributed by atoms with van der Waals surface area (Å²) in [6, 6.07) is 12.0. The number of carbonyl (C=O) groups is 1. The maximum Gasteiger partial charge on any atom is 0.253 e. The summed E-state index contributed by atoms with van der Waals surface area (Å²) in [5, 5.41) is 8.53. The number of pyridine rings is 1. The standard InChI is InChI=1S/C19H20N4O3S/c1-27(25,26)16-6-4-5-15(13-16)19(24)22-11-8-14(9-12-22)18-21-20-17-7-2-3-10-23(17)18/h2-7,10,13-14H,8-9,11-12H2,1H3.